The van der Waals surface area contributed by atoms with E-state index in [1.165, 1.54) is 30.0 Å². The Hall–Kier alpha value is -3.60. The van der Waals surface area contributed by atoms with Crippen molar-refractivity contribution < 1.29 is 19.2 Å². The van der Waals surface area contributed by atoms with E-state index in [0.29, 0.717) is 34.7 Å². The van der Waals surface area contributed by atoms with Crippen LogP contribution in [0.5, 0.6) is 11.5 Å². The molecule has 0 aliphatic heterocycles. The van der Waals surface area contributed by atoms with Crippen molar-refractivity contribution in [3.63, 3.8) is 0 Å². The monoisotopic (exact) mass is 457 g/mol. The number of hydrogen-bond donors (Lipinski definition) is 1. The Labute approximate surface area is 189 Å². The lowest BCUT2D eigenvalue weighted by atomic mass is 10.3. The number of non-ortho nitro benzene ring substituents is 1. The van der Waals surface area contributed by atoms with Crippen molar-refractivity contribution in [3.05, 3.63) is 64.5 Å². The molecular weight excluding hydrogens is 434 g/mol. The minimum absolute atomic E-state index is 0.0753. The van der Waals surface area contributed by atoms with E-state index >= 15 is 0 Å². The SMILES string of the molecule is CCn1c(SCC(=O)Nc2cccc([N+](=O)[O-])c2)nnc1C(C)Oc1cccc(OC)c1. The third-order valence-corrected chi connectivity index (χ3v) is 5.42. The van der Waals surface area contributed by atoms with Gasteiger partial charge in [-0.3, -0.25) is 14.9 Å². The van der Waals surface area contributed by atoms with E-state index in [-0.39, 0.29) is 23.5 Å². The summed E-state index contributed by atoms with van der Waals surface area (Å²) >= 11 is 1.23. The van der Waals surface area contributed by atoms with Crippen molar-refractivity contribution >= 4 is 29.0 Å². The fourth-order valence-electron chi connectivity index (χ4n) is 2.96. The maximum Gasteiger partial charge on any atom is 0.271 e. The van der Waals surface area contributed by atoms with Crippen LogP contribution >= 0.6 is 11.8 Å². The smallest absolute Gasteiger partial charge is 0.271 e. The number of nitrogens with one attached hydrogen (secondary N) is 1. The number of nitrogens with zero attached hydrogens (tertiary/aromatic N) is 4. The van der Waals surface area contributed by atoms with Gasteiger partial charge in [0.15, 0.2) is 17.1 Å². The molecule has 3 aromatic rings. The predicted molar refractivity (Wildman–Crippen MR) is 120 cm³/mol. The third-order valence-electron chi connectivity index (χ3n) is 4.45. The normalized spacial score (nSPS) is 11.6. The highest BCUT2D eigenvalue weighted by Gasteiger charge is 2.20. The van der Waals surface area contributed by atoms with Crippen molar-refractivity contribution in [1.29, 1.82) is 0 Å². The summed E-state index contributed by atoms with van der Waals surface area (Å²) in [5, 5.41) is 22.6. The minimum Gasteiger partial charge on any atom is -0.497 e. The molecule has 168 valence electrons. The highest BCUT2D eigenvalue weighted by Crippen LogP contribution is 2.27. The number of carbonyl (C=O) groups is 1. The molecule has 0 fully saturated rings. The van der Waals surface area contributed by atoms with E-state index < -0.39 is 4.92 Å². The number of carbonyl (C=O) groups excluding carboxylic acids is 1. The zero-order valence-electron chi connectivity index (χ0n) is 17.8. The maximum absolute atomic E-state index is 12.3. The highest BCUT2D eigenvalue weighted by atomic mass is 32.2. The van der Waals surface area contributed by atoms with Gasteiger partial charge in [0.05, 0.1) is 17.8 Å². The maximum atomic E-state index is 12.3. The summed E-state index contributed by atoms with van der Waals surface area (Å²) in [5.74, 6) is 1.75. The van der Waals surface area contributed by atoms with E-state index in [1.54, 1.807) is 19.2 Å². The first-order valence-electron chi connectivity index (χ1n) is 9.82. The van der Waals surface area contributed by atoms with Crippen molar-refractivity contribution in [2.45, 2.75) is 31.7 Å². The van der Waals surface area contributed by atoms with Gasteiger partial charge < -0.3 is 19.4 Å². The van der Waals surface area contributed by atoms with Crippen molar-refractivity contribution in [2.75, 3.05) is 18.2 Å². The van der Waals surface area contributed by atoms with E-state index in [2.05, 4.69) is 15.5 Å². The number of anilines is 1. The van der Waals surface area contributed by atoms with Gasteiger partial charge in [0.25, 0.3) is 5.69 Å². The molecule has 0 radical (unpaired) electrons. The Morgan fingerprint density at radius 1 is 1.22 bits per heavy atom. The second kappa shape index (κ2) is 10.6. The van der Waals surface area contributed by atoms with Crippen molar-refractivity contribution in [1.82, 2.24) is 14.8 Å². The van der Waals surface area contributed by atoms with Crippen LogP contribution in [0.4, 0.5) is 11.4 Å². The molecular formula is C21H23N5O5S. The largest absolute Gasteiger partial charge is 0.497 e. The predicted octanol–water partition coefficient (Wildman–Crippen LogP) is 4.09. The highest BCUT2D eigenvalue weighted by molar-refractivity contribution is 7.99. The van der Waals surface area contributed by atoms with E-state index in [0.717, 1.165) is 0 Å². The lowest BCUT2D eigenvalue weighted by molar-refractivity contribution is -0.384. The number of rotatable bonds is 10. The van der Waals surface area contributed by atoms with Crippen LogP contribution in [0, 0.1) is 10.1 Å². The zero-order chi connectivity index (χ0) is 23.1. The standard InChI is InChI=1S/C21H23N5O5S/c1-4-25-20(14(2)31-18-10-6-9-17(12-18)30-3)23-24-21(25)32-13-19(27)22-15-7-5-8-16(11-15)26(28)29/h5-12,14H,4,13H2,1-3H3,(H,22,27). The number of thioether (sulfide) groups is 1. The third kappa shape index (κ3) is 5.76. The van der Waals surface area contributed by atoms with E-state index in [4.69, 9.17) is 9.47 Å². The Kier molecular flexibility index (Phi) is 7.66. The zero-order valence-corrected chi connectivity index (χ0v) is 18.7. The number of aromatic nitrogens is 3. The summed E-state index contributed by atoms with van der Waals surface area (Å²) < 4.78 is 13.1. The van der Waals surface area contributed by atoms with Crippen LogP contribution in [0.1, 0.15) is 25.8 Å². The van der Waals surface area contributed by atoms with Gasteiger partial charge in [-0.15, -0.1) is 10.2 Å². The van der Waals surface area contributed by atoms with Gasteiger partial charge in [-0.1, -0.05) is 23.9 Å². The molecule has 2 aromatic carbocycles. The Balaban J connectivity index is 1.63. The van der Waals surface area contributed by atoms with E-state index in [9.17, 15) is 14.9 Å². The first kappa shape index (κ1) is 23.1. The number of hydrogen-bond acceptors (Lipinski definition) is 8. The lowest BCUT2D eigenvalue weighted by Gasteiger charge is -2.16. The molecule has 0 saturated carbocycles. The number of nitro benzene ring substituents is 1. The Morgan fingerprint density at radius 3 is 2.69 bits per heavy atom. The number of benzene rings is 2. The van der Waals surface area contributed by atoms with Crippen LogP contribution in [0.25, 0.3) is 0 Å². The fraction of sp³-hybridized carbons (Fsp3) is 0.286. The summed E-state index contributed by atoms with van der Waals surface area (Å²) in [6, 6.07) is 13.1. The molecule has 1 aromatic heterocycles. The van der Waals surface area contributed by atoms with Crippen LogP contribution < -0.4 is 14.8 Å². The number of methoxy groups -OCH3 is 1. The Morgan fingerprint density at radius 2 is 1.97 bits per heavy atom. The van der Waals surface area contributed by atoms with Crippen LogP contribution in [-0.2, 0) is 11.3 Å². The molecule has 1 unspecified atom stereocenters. The molecule has 0 aliphatic rings. The fourth-order valence-corrected chi connectivity index (χ4v) is 3.77. The summed E-state index contributed by atoms with van der Waals surface area (Å²) in [4.78, 5) is 22.7. The van der Waals surface area contributed by atoms with Crippen LogP contribution in [0.3, 0.4) is 0 Å². The molecule has 0 aliphatic carbocycles. The van der Waals surface area contributed by atoms with Gasteiger partial charge in [-0.05, 0) is 32.0 Å². The number of ether oxygens (including phenoxy) is 2. The topological polar surface area (TPSA) is 121 Å². The average Bonchev–Trinajstić information content (AvgIpc) is 3.21. The molecule has 0 spiro atoms. The first-order chi connectivity index (χ1) is 15.4. The molecule has 0 bridgehead atoms. The van der Waals surface area contributed by atoms with Gasteiger partial charge in [-0.25, -0.2) is 0 Å². The van der Waals surface area contributed by atoms with Gasteiger partial charge >= 0.3 is 0 Å². The summed E-state index contributed by atoms with van der Waals surface area (Å²) in [7, 11) is 1.59. The van der Waals surface area contributed by atoms with Crippen molar-refractivity contribution in [2.24, 2.45) is 0 Å². The second-order valence-electron chi connectivity index (χ2n) is 6.67. The lowest BCUT2D eigenvalue weighted by Crippen LogP contribution is -2.15. The van der Waals surface area contributed by atoms with Crippen LogP contribution in [0.15, 0.2) is 53.7 Å². The van der Waals surface area contributed by atoms with Crippen LogP contribution in [-0.4, -0.2) is 38.5 Å². The minimum atomic E-state index is -0.510. The van der Waals surface area contributed by atoms with Gasteiger partial charge in [0.1, 0.15) is 11.5 Å². The molecule has 1 amide bonds. The number of amides is 1. The molecule has 0 saturated heterocycles. The molecule has 1 atom stereocenters. The molecule has 11 heteroatoms. The molecule has 32 heavy (non-hydrogen) atoms. The number of nitro groups is 1. The molecule has 10 nitrogen and oxygen atoms in total. The summed E-state index contributed by atoms with van der Waals surface area (Å²) in [6.07, 6.45) is -0.373. The van der Waals surface area contributed by atoms with E-state index in [1.807, 2.05) is 36.6 Å². The average molecular weight is 458 g/mol. The van der Waals surface area contributed by atoms with Gasteiger partial charge in [0.2, 0.25) is 5.91 Å². The first-order valence-corrected chi connectivity index (χ1v) is 10.8. The molecule has 1 N–H and O–H groups in total. The molecule has 1 heterocycles. The van der Waals surface area contributed by atoms with Gasteiger partial charge in [-0.2, -0.15) is 0 Å². The summed E-state index contributed by atoms with van der Waals surface area (Å²) in [5.41, 5.74) is 0.276. The quantitative estimate of drug-likeness (QED) is 0.274. The van der Waals surface area contributed by atoms with Crippen molar-refractivity contribution in [3.8, 4) is 11.5 Å². The van der Waals surface area contributed by atoms with Crippen LogP contribution in [0.2, 0.25) is 0 Å². The molecule has 3 rings (SSSR count). The second-order valence-corrected chi connectivity index (χ2v) is 7.61. The summed E-state index contributed by atoms with van der Waals surface area (Å²) in [6.45, 7) is 4.43. The van der Waals surface area contributed by atoms with Gasteiger partial charge in [0, 0.05) is 30.4 Å². The Bertz CT molecular complexity index is 1100.